The van der Waals surface area contributed by atoms with Crippen molar-refractivity contribution in [3.8, 4) is 0 Å². The van der Waals surface area contributed by atoms with Crippen LogP contribution in [0.5, 0.6) is 0 Å². The van der Waals surface area contributed by atoms with Crippen LogP contribution in [0.3, 0.4) is 0 Å². The van der Waals surface area contributed by atoms with E-state index in [1.807, 2.05) is 73.3 Å². The number of halogens is 1. The minimum Gasteiger partial charge on any atom is -0.322 e. The van der Waals surface area contributed by atoms with Crippen LogP contribution >= 0.6 is 11.6 Å². The minimum absolute atomic E-state index is 0.0391. The largest absolute Gasteiger partial charge is 0.322 e. The monoisotopic (exact) mass is 574 g/mol. The van der Waals surface area contributed by atoms with Gasteiger partial charge in [0.25, 0.3) is 11.8 Å². The van der Waals surface area contributed by atoms with E-state index in [-0.39, 0.29) is 17.9 Å². The van der Waals surface area contributed by atoms with Gasteiger partial charge in [0, 0.05) is 40.1 Å². The van der Waals surface area contributed by atoms with Crippen LogP contribution in [0, 0.1) is 13.8 Å². The second-order valence-corrected chi connectivity index (χ2v) is 11.3. The highest BCUT2D eigenvalue weighted by atomic mass is 35.5. The second-order valence-electron chi connectivity index (χ2n) is 10.8. The Hall–Kier alpha value is -3.19. The van der Waals surface area contributed by atoms with Gasteiger partial charge in [0.2, 0.25) is 0 Å². The fraction of sp³-hybridized carbons (Fsp3) is 0.412. The van der Waals surface area contributed by atoms with Crippen LogP contribution in [0.4, 0.5) is 11.4 Å². The number of carbonyl (C=O) groups is 2. The van der Waals surface area contributed by atoms with E-state index in [2.05, 4.69) is 29.4 Å². The third-order valence-corrected chi connectivity index (χ3v) is 8.30. The first-order valence-corrected chi connectivity index (χ1v) is 15.2. The zero-order valence-corrected chi connectivity index (χ0v) is 25.6. The van der Waals surface area contributed by atoms with Crippen LogP contribution in [0.1, 0.15) is 83.0 Å². The van der Waals surface area contributed by atoms with E-state index in [0.717, 1.165) is 74.2 Å². The summed E-state index contributed by atoms with van der Waals surface area (Å²) < 4.78 is 0. The molecule has 1 atom stereocenters. The number of anilines is 2. The molecule has 218 valence electrons. The maximum absolute atomic E-state index is 13.9. The molecule has 0 spiro atoms. The molecular formula is C34H43ClN4O2. The van der Waals surface area contributed by atoms with Crippen molar-refractivity contribution in [2.45, 2.75) is 59.4 Å². The van der Waals surface area contributed by atoms with Gasteiger partial charge in [0.1, 0.15) is 0 Å². The second kappa shape index (κ2) is 14.6. The maximum atomic E-state index is 13.9. The molecule has 2 amide bonds. The van der Waals surface area contributed by atoms with Crippen molar-refractivity contribution in [2.24, 2.45) is 0 Å². The van der Waals surface area contributed by atoms with Crippen molar-refractivity contribution < 1.29 is 9.59 Å². The molecule has 0 fully saturated rings. The summed E-state index contributed by atoms with van der Waals surface area (Å²) in [5, 5.41) is 7.41. The number of hydrogen-bond donors (Lipinski definition) is 2. The highest BCUT2D eigenvalue weighted by molar-refractivity contribution is 6.30. The zero-order chi connectivity index (χ0) is 29.4. The number of aryl methyl sites for hydroxylation is 2. The quantitative estimate of drug-likeness (QED) is 0.234. The SMILES string of the molecule is CCN(CC)CCCCNC1CCCN(C(=O)c2ccc(NC(=O)c3ccccc3C)cc2C)c2ccc(Cl)cc21. The predicted molar refractivity (Wildman–Crippen MR) is 170 cm³/mol. The summed E-state index contributed by atoms with van der Waals surface area (Å²) in [5.74, 6) is -0.200. The number of nitrogens with one attached hydrogen (secondary N) is 2. The predicted octanol–water partition coefficient (Wildman–Crippen LogP) is 7.40. The van der Waals surface area contributed by atoms with Crippen molar-refractivity contribution in [3.05, 3.63) is 93.5 Å². The van der Waals surface area contributed by atoms with Crippen LogP contribution in [0.15, 0.2) is 60.7 Å². The third-order valence-electron chi connectivity index (χ3n) is 8.07. The molecule has 6 nitrogen and oxygen atoms in total. The van der Waals surface area contributed by atoms with E-state index < -0.39 is 0 Å². The van der Waals surface area contributed by atoms with Crippen molar-refractivity contribution in [1.29, 1.82) is 0 Å². The van der Waals surface area contributed by atoms with Gasteiger partial charge in [-0.25, -0.2) is 0 Å². The lowest BCUT2D eigenvalue weighted by Crippen LogP contribution is -2.32. The first-order valence-electron chi connectivity index (χ1n) is 14.9. The smallest absolute Gasteiger partial charge is 0.258 e. The molecule has 2 N–H and O–H groups in total. The van der Waals surface area contributed by atoms with Crippen LogP contribution in [0.25, 0.3) is 0 Å². The number of hydrogen-bond acceptors (Lipinski definition) is 4. The highest BCUT2D eigenvalue weighted by Gasteiger charge is 2.28. The topological polar surface area (TPSA) is 64.7 Å². The molecule has 4 rings (SSSR count). The Kier molecular flexibility index (Phi) is 11.0. The van der Waals surface area contributed by atoms with Gasteiger partial charge in [-0.05, 0) is 125 Å². The lowest BCUT2D eigenvalue weighted by atomic mass is 10.0. The fourth-order valence-corrected chi connectivity index (χ4v) is 5.81. The minimum atomic E-state index is -0.161. The van der Waals surface area contributed by atoms with Crippen LogP contribution in [-0.4, -0.2) is 49.4 Å². The Morgan fingerprint density at radius 2 is 1.73 bits per heavy atom. The zero-order valence-electron chi connectivity index (χ0n) is 24.8. The molecule has 3 aromatic rings. The summed E-state index contributed by atoms with van der Waals surface area (Å²) in [6.45, 7) is 13.1. The molecule has 1 unspecified atom stereocenters. The molecule has 3 aromatic carbocycles. The van der Waals surface area contributed by atoms with Crippen LogP contribution < -0.4 is 15.5 Å². The summed E-state index contributed by atoms with van der Waals surface area (Å²) in [7, 11) is 0. The molecule has 41 heavy (non-hydrogen) atoms. The Bertz CT molecular complexity index is 1350. The average Bonchev–Trinajstić information content (AvgIpc) is 3.14. The van der Waals surface area contributed by atoms with Gasteiger partial charge in [0.15, 0.2) is 0 Å². The standard InChI is InChI=1S/C34H43ClN4O2/c1-5-38(6-2)20-10-9-19-36-31-14-11-21-39(32-18-15-26(35)23-30(31)32)34(41)29-17-16-27(22-25(29)4)37-33(40)28-13-8-7-12-24(28)3/h7-8,12-13,15-18,22-23,31,36H,5-6,9-11,14,19-21H2,1-4H3,(H,37,40). The molecule has 1 aliphatic rings. The first-order chi connectivity index (χ1) is 19.8. The highest BCUT2D eigenvalue weighted by Crippen LogP contribution is 2.36. The molecule has 1 heterocycles. The van der Waals surface area contributed by atoms with Crippen molar-refractivity contribution >= 4 is 34.8 Å². The normalized spacial score (nSPS) is 15.0. The lowest BCUT2D eigenvalue weighted by Gasteiger charge is -2.26. The van der Waals surface area contributed by atoms with E-state index in [4.69, 9.17) is 11.6 Å². The molecule has 0 saturated carbocycles. The number of carbonyl (C=O) groups excluding carboxylic acids is 2. The third kappa shape index (κ3) is 7.76. The average molecular weight is 575 g/mol. The fourth-order valence-electron chi connectivity index (χ4n) is 5.63. The van der Waals surface area contributed by atoms with Gasteiger partial charge >= 0.3 is 0 Å². The Balaban J connectivity index is 1.47. The van der Waals surface area contributed by atoms with E-state index in [1.54, 1.807) is 6.07 Å². The van der Waals surface area contributed by atoms with Crippen molar-refractivity contribution in [2.75, 3.05) is 42.9 Å². The van der Waals surface area contributed by atoms with E-state index in [0.29, 0.717) is 28.4 Å². The van der Waals surface area contributed by atoms with Gasteiger partial charge in [-0.2, -0.15) is 0 Å². The lowest BCUT2D eigenvalue weighted by molar-refractivity contribution is 0.0985. The molecule has 0 aromatic heterocycles. The van der Waals surface area contributed by atoms with E-state index >= 15 is 0 Å². The molecule has 7 heteroatoms. The van der Waals surface area contributed by atoms with Crippen LogP contribution in [0.2, 0.25) is 5.02 Å². The Morgan fingerprint density at radius 3 is 2.46 bits per heavy atom. The van der Waals surface area contributed by atoms with Gasteiger partial charge < -0.3 is 20.4 Å². The number of benzene rings is 3. The van der Waals surface area contributed by atoms with E-state index in [1.165, 1.54) is 0 Å². The summed E-state index contributed by atoms with van der Waals surface area (Å²) in [4.78, 5) is 31.1. The van der Waals surface area contributed by atoms with E-state index in [9.17, 15) is 9.59 Å². The summed E-state index contributed by atoms with van der Waals surface area (Å²) in [5.41, 5.74) is 5.65. The van der Waals surface area contributed by atoms with Gasteiger partial charge in [-0.15, -0.1) is 0 Å². The number of fused-ring (bicyclic) bond motifs is 1. The molecule has 1 aliphatic heterocycles. The molecule has 0 saturated heterocycles. The number of rotatable bonds is 11. The van der Waals surface area contributed by atoms with Crippen LogP contribution in [-0.2, 0) is 0 Å². The number of unbranched alkanes of at least 4 members (excludes halogenated alkanes) is 1. The molecule has 0 bridgehead atoms. The molecule has 0 aliphatic carbocycles. The molecule has 0 radical (unpaired) electrons. The van der Waals surface area contributed by atoms with Crippen molar-refractivity contribution in [3.63, 3.8) is 0 Å². The summed E-state index contributed by atoms with van der Waals surface area (Å²) in [6, 6.07) is 19.0. The Labute approximate surface area is 250 Å². The first kappa shape index (κ1) is 30.8. The number of amides is 2. The van der Waals surface area contributed by atoms with Gasteiger partial charge in [0.05, 0.1) is 0 Å². The summed E-state index contributed by atoms with van der Waals surface area (Å²) >= 11 is 6.46. The van der Waals surface area contributed by atoms with Gasteiger partial charge in [-0.3, -0.25) is 9.59 Å². The van der Waals surface area contributed by atoms with Gasteiger partial charge in [-0.1, -0.05) is 43.6 Å². The maximum Gasteiger partial charge on any atom is 0.258 e. The van der Waals surface area contributed by atoms with Crippen molar-refractivity contribution in [1.82, 2.24) is 10.2 Å². The Morgan fingerprint density at radius 1 is 0.951 bits per heavy atom. The molecular weight excluding hydrogens is 532 g/mol. The number of nitrogens with zero attached hydrogens (tertiary/aromatic N) is 2. The summed E-state index contributed by atoms with van der Waals surface area (Å²) in [6.07, 6.45) is 4.10.